The van der Waals surface area contributed by atoms with Crippen LogP contribution in [0.25, 0.3) is 11.5 Å². The number of nitrogens with zero attached hydrogens (tertiary/aromatic N) is 4. The minimum absolute atomic E-state index is 0. The van der Waals surface area contributed by atoms with Crippen molar-refractivity contribution in [2.45, 2.75) is 39.2 Å². The molecular formula is C12H18ClN5. The number of halogens is 1. The molecule has 0 unspecified atom stereocenters. The average molecular weight is 268 g/mol. The highest BCUT2D eigenvalue weighted by atomic mass is 35.5. The topological polar surface area (TPSA) is 55.6 Å². The molecule has 2 heterocycles. The Balaban J connectivity index is 0.00000120. The summed E-state index contributed by atoms with van der Waals surface area (Å²) >= 11 is 0. The fraction of sp³-hybridized carbons (Fsp3) is 0.583. The Morgan fingerprint density at radius 2 is 2.11 bits per heavy atom. The summed E-state index contributed by atoms with van der Waals surface area (Å²) in [5.74, 6) is 3.39. The molecule has 98 valence electrons. The van der Waals surface area contributed by atoms with Gasteiger partial charge in [0.15, 0.2) is 17.3 Å². The molecule has 3 aliphatic rings. The molecule has 0 spiro atoms. The van der Waals surface area contributed by atoms with Crippen LogP contribution in [0.5, 0.6) is 0 Å². The smallest absolute Gasteiger partial charge is 0.165 e. The normalized spacial score (nSPS) is 14.6. The lowest BCUT2D eigenvalue weighted by atomic mass is 10.3. The Kier molecular flexibility index (Phi) is 3.71. The van der Waals surface area contributed by atoms with Gasteiger partial charge in [-0.2, -0.15) is 0 Å². The maximum absolute atomic E-state index is 4.66. The number of nitrogens with one attached hydrogen (secondary N) is 1. The zero-order valence-electron chi connectivity index (χ0n) is 10.7. The molecule has 0 radical (unpaired) electrons. The second kappa shape index (κ2) is 5.10. The molecule has 0 aromatic heterocycles. The van der Waals surface area contributed by atoms with E-state index in [1.807, 2.05) is 6.33 Å². The van der Waals surface area contributed by atoms with E-state index >= 15 is 0 Å². The number of imidazole rings is 1. The zero-order chi connectivity index (χ0) is 11.8. The van der Waals surface area contributed by atoms with Crippen LogP contribution in [0.1, 0.15) is 38.4 Å². The second-order valence-corrected chi connectivity index (χ2v) is 4.44. The molecule has 18 heavy (non-hydrogen) atoms. The maximum Gasteiger partial charge on any atom is 0.165 e. The van der Waals surface area contributed by atoms with Gasteiger partial charge in [0.05, 0.1) is 6.33 Å². The minimum atomic E-state index is 0. The van der Waals surface area contributed by atoms with E-state index in [0.29, 0.717) is 5.92 Å². The van der Waals surface area contributed by atoms with Gasteiger partial charge >= 0.3 is 0 Å². The standard InChI is InChI=1S/C12H17N5.ClH/c1-3-13-11-9-12(17(4-2)7-14-11)16-10(15-9)8-5-6-8;/h7-8,13H,3-6H2,1-2H3;1H. The Labute approximate surface area is 113 Å². The number of hydrogen-bond donors (Lipinski definition) is 1. The van der Waals surface area contributed by atoms with Crippen molar-refractivity contribution in [1.29, 1.82) is 0 Å². The first kappa shape index (κ1) is 13.1. The Morgan fingerprint density at radius 1 is 1.33 bits per heavy atom. The van der Waals surface area contributed by atoms with Gasteiger partial charge in [0.25, 0.3) is 0 Å². The molecule has 2 aliphatic heterocycles. The summed E-state index contributed by atoms with van der Waals surface area (Å²) in [5, 5.41) is 3.25. The van der Waals surface area contributed by atoms with Crippen LogP contribution in [0.15, 0.2) is 6.33 Å². The molecule has 0 saturated heterocycles. The molecule has 1 saturated carbocycles. The lowest BCUT2D eigenvalue weighted by Crippen LogP contribution is -2.08. The summed E-state index contributed by atoms with van der Waals surface area (Å²) in [6, 6.07) is 0. The van der Waals surface area contributed by atoms with E-state index in [2.05, 4.69) is 38.7 Å². The summed E-state index contributed by atoms with van der Waals surface area (Å²) in [6.07, 6.45) is 4.30. The van der Waals surface area contributed by atoms with Crippen LogP contribution in [-0.2, 0) is 6.54 Å². The minimum Gasteiger partial charge on any atom is -0.368 e. The third kappa shape index (κ3) is 2.14. The van der Waals surface area contributed by atoms with Gasteiger partial charge < -0.3 is 9.88 Å². The molecule has 1 N–H and O–H groups in total. The first-order valence-electron chi connectivity index (χ1n) is 6.30. The lowest BCUT2D eigenvalue weighted by molar-refractivity contribution is 0.729. The SMILES string of the molecule is CCNc1ncn(CC)c2nc(C3CC3)nc1-2.Cl. The van der Waals surface area contributed by atoms with Gasteiger partial charge in [-0.05, 0) is 26.7 Å². The molecule has 1 fully saturated rings. The van der Waals surface area contributed by atoms with Crippen molar-refractivity contribution < 1.29 is 0 Å². The van der Waals surface area contributed by atoms with E-state index in [1.54, 1.807) is 0 Å². The van der Waals surface area contributed by atoms with Gasteiger partial charge in [0.2, 0.25) is 0 Å². The predicted octanol–water partition coefficient (Wildman–Crippen LogP) is 2.53. The number of rotatable bonds is 4. The largest absolute Gasteiger partial charge is 0.368 e. The zero-order valence-corrected chi connectivity index (χ0v) is 11.5. The van der Waals surface area contributed by atoms with E-state index in [1.165, 1.54) is 12.8 Å². The number of aryl methyl sites for hydroxylation is 1. The van der Waals surface area contributed by atoms with Gasteiger partial charge in [-0.1, -0.05) is 0 Å². The quantitative estimate of drug-likeness (QED) is 0.925. The van der Waals surface area contributed by atoms with Crippen molar-refractivity contribution in [2.24, 2.45) is 0 Å². The molecule has 1 aliphatic carbocycles. The maximum atomic E-state index is 4.66. The molecule has 5 nitrogen and oxygen atoms in total. The van der Waals surface area contributed by atoms with Crippen molar-refractivity contribution >= 4 is 18.2 Å². The molecule has 6 heteroatoms. The summed E-state index contributed by atoms with van der Waals surface area (Å²) in [4.78, 5) is 13.7. The Bertz CT molecular complexity index is 506. The van der Waals surface area contributed by atoms with Crippen molar-refractivity contribution in [3.8, 4) is 11.5 Å². The Hall–Kier alpha value is -1.36. The lowest BCUT2D eigenvalue weighted by Gasteiger charge is -2.11. The molecule has 3 rings (SSSR count). The number of anilines is 1. The van der Waals surface area contributed by atoms with Crippen LogP contribution in [0.2, 0.25) is 0 Å². The van der Waals surface area contributed by atoms with Crippen LogP contribution in [0.3, 0.4) is 0 Å². The number of aromatic nitrogens is 4. The van der Waals surface area contributed by atoms with Crippen LogP contribution in [-0.4, -0.2) is 26.1 Å². The molecule has 0 bridgehead atoms. The highest BCUT2D eigenvalue weighted by molar-refractivity contribution is 5.85. The monoisotopic (exact) mass is 267 g/mol. The second-order valence-electron chi connectivity index (χ2n) is 4.44. The van der Waals surface area contributed by atoms with Gasteiger partial charge in [-0.15, -0.1) is 12.4 Å². The molecule has 0 aromatic rings. The number of fused-ring (bicyclic) bond motifs is 1. The summed E-state index contributed by atoms with van der Waals surface area (Å²) in [7, 11) is 0. The van der Waals surface area contributed by atoms with E-state index < -0.39 is 0 Å². The van der Waals surface area contributed by atoms with Crippen LogP contribution in [0, 0.1) is 0 Å². The van der Waals surface area contributed by atoms with E-state index in [-0.39, 0.29) is 12.4 Å². The first-order valence-corrected chi connectivity index (χ1v) is 6.30. The molecule has 0 atom stereocenters. The summed E-state index contributed by atoms with van der Waals surface area (Å²) < 4.78 is 2.05. The highest BCUT2D eigenvalue weighted by Crippen LogP contribution is 2.40. The van der Waals surface area contributed by atoms with Gasteiger partial charge in [-0.3, -0.25) is 0 Å². The van der Waals surface area contributed by atoms with Crippen LogP contribution >= 0.6 is 12.4 Å². The fourth-order valence-corrected chi connectivity index (χ4v) is 2.01. The van der Waals surface area contributed by atoms with Crippen molar-refractivity contribution in [3.05, 3.63) is 12.2 Å². The van der Waals surface area contributed by atoms with Gasteiger partial charge in [-0.25, -0.2) is 15.0 Å². The third-order valence-corrected chi connectivity index (χ3v) is 3.11. The van der Waals surface area contributed by atoms with E-state index in [9.17, 15) is 0 Å². The van der Waals surface area contributed by atoms with Crippen LogP contribution < -0.4 is 5.32 Å². The number of hydrogen-bond acceptors (Lipinski definition) is 4. The van der Waals surface area contributed by atoms with Gasteiger partial charge in [0, 0.05) is 19.0 Å². The summed E-state index contributed by atoms with van der Waals surface area (Å²) in [6.45, 7) is 5.88. The van der Waals surface area contributed by atoms with Crippen molar-refractivity contribution in [2.75, 3.05) is 11.9 Å². The first-order chi connectivity index (χ1) is 8.33. The van der Waals surface area contributed by atoms with Crippen LogP contribution in [0.4, 0.5) is 5.82 Å². The Morgan fingerprint density at radius 3 is 2.72 bits per heavy atom. The van der Waals surface area contributed by atoms with Gasteiger partial charge in [0.1, 0.15) is 5.82 Å². The predicted molar refractivity (Wildman–Crippen MR) is 73.5 cm³/mol. The van der Waals surface area contributed by atoms with E-state index in [0.717, 1.165) is 36.3 Å². The van der Waals surface area contributed by atoms with Crippen molar-refractivity contribution in [1.82, 2.24) is 19.5 Å². The average Bonchev–Trinajstić information content (AvgIpc) is 3.09. The third-order valence-electron chi connectivity index (χ3n) is 3.11. The molecular weight excluding hydrogens is 250 g/mol. The molecule has 0 amide bonds. The molecule has 0 aromatic carbocycles. The highest BCUT2D eigenvalue weighted by Gasteiger charge is 2.30. The summed E-state index contributed by atoms with van der Waals surface area (Å²) in [5.41, 5.74) is 0.915. The van der Waals surface area contributed by atoms with E-state index in [4.69, 9.17) is 0 Å². The van der Waals surface area contributed by atoms with Crippen molar-refractivity contribution in [3.63, 3.8) is 0 Å². The fourth-order valence-electron chi connectivity index (χ4n) is 2.01.